The van der Waals surface area contributed by atoms with Gasteiger partial charge >= 0.3 is 0 Å². The van der Waals surface area contributed by atoms with Crippen molar-refractivity contribution in [1.82, 2.24) is 4.90 Å². The quantitative estimate of drug-likeness (QED) is 0.647. The van der Waals surface area contributed by atoms with Crippen LogP contribution in [0.2, 0.25) is 5.02 Å². The third-order valence-corrected chi connectivity index (χ3v) is 4.36. The van der Waals surface area contributed by atoms with Gasteiger partial charge in [0.2, 0.25) is 0 Å². The molecule has 0 bridgehead atoms. The van der Waals surface area contributed by atoms with E-state index in [9.17, 15) is 9.90 Å². The van der Waals surface area contributed by atoms with E-state index >= 15 is 0 Å². The van der Waals surface area contributed by atoms with Crippen molar-refractivity contribution in [2.45, 2.75) is 20.0 Å². The minimum absolute atomic E-state index is 0.128. The zero-order valence-electron chi connectivity index (χ0n) is 14.9. The first-order chi connectivity index (χ1) is 13.0. The number of rotatable bonds is 7. The molecule has 0 unspecified atom stereocenters. The first kappa shape index (κ1) is 18.9. The molecule has 3 rings (SSSR count). The van der Waals surface area contributed by atoms with Crippen LogP contribution in [-0.2, 0) is 17.9 Å². The maximum absolute atomic E-state index is 12.8. The predicted molar refractivity (Wildman–Crippen MR) is 103 cm³/mol. The highest BCUT2D eigenvalue weighted by Gasteiger charge is 2.18. The van der Waals surface area contributed by atoms with Crippen LogP contribution in [0.15, 0.2) is 65.3 Å². The van der Waals surface area contributed by atoms with Gasteiger partial charge in [0.1, 0.15) is 17.3 Å². The summed E-state index contributed by atoms with van der Waals surface area (Å²) in [7, 11) is 0. The van der Waals surface area contributed by atoms with Crippen LogP contribution in [0.25, 0.3) is 0 Å². The number of hydrogen-bond donors (Lipinski definition) is 1. The van der Waals surface area contributed by atoms with E-state index in [1.54, 1.807) is 59.7 Å². The Morgan fingerprint density at radius 3 is 2.67 bits per heavy atom. The smallest absolute Gasteiger partial charge is 0.261 e. The third-order valence-electron chi connectivity index (χ3n) is 4.12. The van der Waals surface area contributed by atoms with E-state index in [2.05, 4.69) is 0 Å². The molecule has 3 aromatic rings. The van der Waals surface area contributed by atoms with E-state index in [0.29, 0.717) is 22.1 Å². The van der Waals surface area contributed by atoms with Gasteiger partial charge in [-0.1, -0.05) is 29.8 Å². The fraction of sp³-hybridized carbons (Fsp3) is 0.190. The van der Waals surface area contributed by atoms with Crippen molar-refractivity contribution < 1.29 is 19.1 Å². The van der Waals surface area contributed by atoms with Gasteiger partial charge in [0, 0.05) is 17.1 Å². The van der Waals surface area contributed by atoms with Crippen molar-refractivity contribution in [2.24, 2.45) is 0 Å². The monoisotopic (exact) mass is 385 g/mol. The second kappa shape index (κ2) is 8.64. The van der Waals surface area contributed by atoms with E-state index in [4.69, 9.17) is 20.8 Å². The molecule has 27 heavy (non-hydrogen) atoms. The second-order valence-electron chi connectivity index (χ2n) is 6.16. The lowest BCUT2D eigenvalue weighted by Gasteiger charge is -2.22. The summed E-state index contributed by atoms with van der Waals surface area (Å²) < 4.78 is 11.0. The van der Waals surface area contributed by atoms with Crippen molar-refractivity contribution >= 4 is 17.5 Å². The Hall–Kier alpha value is -2.92. The van der Waals surface area contributed by atoms with Gasteiger partial charge < -0.3 is 19.2 Å². The number of carbonyl (C=O) groups excluding carboxylic acids is 1. The fourth-order valence-corrected chi connectivity index (χ4v) is 2.91. The lowest BCUT2D eigenvalue weighted by Crippen LogP contribution is -2.34. The van der Waals surface area contributed by atoms with Crippen LogP contribution >= 0.6 is 11.6 Å². The summed E-state index contributed by atoms with van der Waals surface area (Å²) in [5.74, 6) is 1.18. The average molecular weight is 386 g/mol. The topological polar surface area (TPSA) is 62.9 Å². The first-order valence-electron chi connectivity index (χ1n) is 8.49. The summed E-state index contributed by atoms with van der Waals surface area (Å²) >= 11 is 5.95. The Kier molecular flexibility index (Phi) is 6.04. The number of phenols is 1. The standard InChI is InChI=1S/C21H20ClNO4/c1-15-11-17(22)8-9-20(15)27-14-21(25)23(13-18-6-4-10-26-18)12-16-5-2-3-7-19(16)24/h2-11,24H,12-14H2,1H3. The van der Waals surface area contributed by atoms with Crippen LogP contribution in [0, 0.1) is 6.92 Å². The molecule has 0 radical (unpaired) electrons. The van der Waals surface area contributed by atoms with E-state index in [-0.39, 0.29) is 31.4 Å². The van der Waals surface area contributed by atoms with Gasteiger partial charge in [0.05, 0.1) is 12.8 Å². The van der Waals surface area contributed by atoms with Crippen molar-refractivity contribution in [3.63, 3.8) is 0 Å². The Bertz CT molecular complexity index is 908. The van der Waals surface area contributed by atoms with Gasteiger partial charge in [-0.25, -0.2) is 0 Å². The molecule has 6 heteroatoms. The number of carbonyl (C=O) groups is 1. The molecule has 1 amide bonds. The summed E-state index contributed by atoms with van der Waals surface area (Å²) in [6.07, 6.45) is 1.56. The number of para-hydroxylation sites is 1. The van der Waals surface area contributed by atoms with Gasteiger partial charge in [0.25, 0.3) is 5.91 Å². The maximum atomic E-state index is 12.8. The summed E-state index contributed by atoms with van der Waals surface area (Å²) in [5.41, 5.74) is 1.51. The Balaban J connectivity index is 1.72. The zero-order chi connectivity index (χ0) is 19.2. The highest BCUT2D eigenvalue weighted by atomic mass is 35.5. The van der Waals surface area contributed by atoms with Crippen LogP contribution in [0.5, 0.6) is 11.5 Å². The molecule has 1 N–H and O–H groups in total. The summed E-state index contributed by atoms with van der Waals surface area (Å²) in [4.78, 5) is 14.4. The van der Waals surface area contributed by atoms with Crippen LogP contribution in [0.1, 0.15) is 16.9 Å². The van der Waals surface area contributed by atoms with Gasteiger partial charge in [-0.3, -0.25) is 4.79 Å². The van der Waals surface area contributed by atoms with E-state index in [1.165, 1.54) is 0 Å². The number of aromatic hydroxyl groups is 1. The first-order valence-corrected chi connectivity index (χ1v) is 8.86. The van der Waals surface area contributed by atoms with Gasteiger partial charge in [-0.05, 0) is 48.9 Å². The fourth-order valence-electron chi connectivity index (χ4n) is 2.68. The largest absolute Gasteiger partial charge is 0.508 e. The van der Waals surface area contributed by atoms with Crippen molar-refractivity contribution in [3.8, 4) is 11.5 Å². The minimum atomic E-state index is -0.219. The van der Waals surface area contributed by atoms with Gasteiger partial charge in [0.15, 0.2) is 6.61 Å². The molecular formula is C21H20ClNO4. The molecule has 0 saturated heterocycles. The summed E-state index contributed by atoms with van der Waals surface area (Å²) in [5, 5.41) is 10.6. The van der Waals surface area contributed by atoms with E-state index < -0.39 is 0 Å². The number of benzene rings is 2. The summed E-state index contributed by atoms with van der Waals surface area (Å²) in [6, 6.07) is 15.7. The number of nitrogens with zero attached hydrogens (tertiary/aromatic N) is 1. The molecule has 0 fully saturated rings. The third kappa shape index (κ3) is 5.05. The maximum Gasteiger partial charge on any atom is 0.261 e. The zero-order valence-corrected chi connectivity index (χ0v) is 15.6. The molecular weight excluding hydrogens is 366 g/mol. The van der Waals surface area contributed by atoms with Gasteiger partial charge in [-0.2, -0.15) is 0 Å². The van der Waals surface area contributed by atoms with Crippen molar-refractivity contribution in [2.75, 3.05) is 6.61 Å². The lowest BCUT2D eigenvalue weighted by atomic mass is 10.2. The number of ether oxygens (including phenoxy) is 1. The number of hydrogen-bond acceptors (Lipinski definition) is 4. The Morgan fingerprint density at radius 2 is 1.96 bits per heavy atom. The van der Waals surface area contributed by atoms with Crippen molar-refractivity contribution in [1.29, 1.82) is 0 Å². The van der Waals surface area contributed by atoms with Gasteiger partial charge in [-0.15, -0.1) is 0 Å². The van der Waals surface area contributed by atoms with Crippen LogP contribution in [-0.4, -0.2) is 22.5 Å². The molecule has 140 valence electrons. The molecule has 2 aromatic carbocycles. The van der Waals surface area contributed by atoms with E-state index in [0.717, 1.165) is 5.56 Å². The molecule has 0 spiro atoms. The number of furan rings is 1. The molecule has 0 saturated carbocycles. The highest BCUT2D eigenvalue weighted by Crippen LogP contribution is 2.23. The van der Waals surface area contributed by atoms with Crippen LogP contribution in [0.3, 0.4) is 0 Å². The number of amides is 1. The highest BCUT2D eigenvalue weighted by molar-refractivity contribution is 6.30. The molecule has 5 nitrogen and oxygen atoms in total. The van der Waals surface area contributed by atoms with Crippen LogP contribution < -0.4 is 4.74 Å². The molecule has 0 atom stereocenters. The normalized spacial score (nSPS) is 10.6. The minimum Gasteiger partial charge on any atom is -0.508 e. The lowest BCUT2D eigenvalue weighted by molar-refractivity contribution is -0.134. The molecule has 1 aromatic heterocycles. The molecule has 1 heterocycles. The number of aryl methyl sites for hydroxylation is 1. The molecule has 0 aliphatic carbocycles. The predicted octanol–water partition coefficient (Wildman–Crippen LogP) is 4.55. The van der Waals surface area contributed by atoms with Crippen LogP contribution in [0.4, 0.5) is 0 Å². The van der Waals surface area contributed by atoms with Crippen molar-refractivity contribution in [3.05, 3.63) is 82.8 Å². The van der Waals surface area contributed by atoms with E-state index in [1.807, 2.05) is 13.0 Å². The molecule has 0 aliphatic heterocycles. The Labute approximate surface area is 162 Å². The SMILES string of the molecule is Cc1cc(Cl)ccc1OCC(=O)N(Cc1ccco1)Cc1ccccc1O. The number of halogens is 1. The molecule has 0 aliphatic rings. The average Bonchev–Trinajstić information content (AvgIpc) is 3.15. The number of phenolic OH excluding ortho intramolecular Hbond substituents is 1. The summed E-state index contributed by atoms with van der Waals surface area (Å²) in [6.45, 7) is 2.27. The second-order valence-corrected chi connectivity index (χ2v) is 6.59. The Morgan fingerprint density at radius 1 is 1.15 bits per heavy atom.